The number of hydrogen-bond acceptors (Lipinski definition) is 4. The molecule has 28 heavy (non-hydrogen) atoms. The lowest BCUT2D eigenvalue weighted by atomic mass is 9.81. The Morgan fingerprint density at radius 1 is 1.18 bits per heavy atom. The second-order valence-electron chi connectivity index (χ2n) is 6.96. The SMILES string of the molecule is CN1C(=O)[C@](c2ccc(OC(F)F)cc2)(c2ccc(F)c(C3CC3)c2)N=C1N. The van der Waals surface area contributed by atoms with E-state index in [4.69, 9.17) is 5.73 Å². The lowest BCUT2D eigenvalue weighted by Gasteiger charge is -2.27. The van der Waals surface area contributed by atoms with Crippen molar-refractivity contribution in [2.45, 2.75) is 30.9 Å². The van der Waals surface area contributed by atoms with Gasteiger partial charge < -0.3 is 10.5 Å². The van der Waals surface area contributed by atoms with Crippen molar-refractivity contribution in [3.63, 3.8) is 0 Å². The van der Waals surface area contributed by atoms with Crippen LogP contribution < -0.4 is 10.5 Å². The zero-order valence-corrected chi connectivity index (χ0v) is 15.0. The van der Waals surface area contributed by atoms with Crippen molar-refractivity contribution in [1.29, 1.82) is 0 Å². The smallest absolute Gasteiger partial charge is 0.387 e. The summed E-state index contributed by atoms with van der Waals surface area (Å²) in [5.74, 6) is -0.606. The maximum atomic E-state index is 14.3. The minimum absolute atomic E-state index is 0.0233. The first kappa shape index (κ1) is 18.3. The molecule has 1 fully saturated rings. The van der Waals surface area contributed by atoms with Crippen LogP contribution in [0.15, 0.2) is 47.5 Å². The van der Waals surface area contributed by atoms with Gasteiger partial charge in [-0.05, 0) is 59.7 Å². The van der Waals surface area contributed by atoms with Gasteiger partial charge in [0.15, 0.2) is 11.5 Å². The molecule has 146 valence electrons. The van der Waals surface area contributed by atoms with E-state index in [0.717, 1.165) is 12.8 Å². The van der Waals surface area contributed by atoms with Gasteiger partial charge in [-0.1, -0.05) is 18.2 Å². The van der Waals surface area contributed by atoms with E-state index in [-0.39, 0.29) is 23.4 Å². The Morgan fingerprint density at radius 3 is 2.36 bits per heavy atom. The molecule has 1 aliphatic carbocycles. The highest BCUT2D eigenvalue weighted by atomic mass is 19.3. The van der Waals surface area contributed by atoms with Crippen molar-refractivity contribution >= 4 is 11.9 Å². The number of hydrogen-bond donors (Lipinski definition) is 1. The molecule has 1 amide bonds. The van der Waals surface area contributed by atoms with Gasteiger partial charge in [-0.2, -0.15) is 8.78 Å². The van der Waals surface area contributed by atoms with E-state index >= 15 is 0 Å². The third-order valence-electron chi connectivity index (χ3n) is 5.17. The maximum Gasteiger partial charge on any atom is 0.387 e. The highest BCUT2D eigenvalue weighted by molar-refractivity contribution is 6.08. The van der Waals surface area contributed by atoms with Gasteiger partial charge in [0.25, 0.3) is 5.91 Å². The van der Waals surface area contributed by atoms with Gasteiger partial charge in [-0.25, -0.2) is 9.38 Å². The number of amides is 1. The van der Waals surface area contributed by atoms with Crippen LogP contribution >= 0.6 is 0 Å². The Bertz CT molecular complexity index is 958. The zero-order valence-electron chi connectivity index (χ0n) is 15.0. The van der Waals surface area contributed by atoms with E-state index in [0.29, 0.717) is 16.7 Å². The Hall–Kier alpha value is -3.03. The molecule has 2 aromatic carbocycles. The van der Waals surface area contributed by atoms with Crippen molar-refractivity contribution in [1.82, 2.24) is 4.90 Å². The molecule has 0 spiro atoms. The highest BCUT2D eigenvalue weighted by Crippen LogP contribution is 2.45. The summed E-state index contributed by atoms with van der Waals surface area (Å²) < 4.78 is 43.5. The third kappa shape index (κ3) is 2.89. The van der Waals surface area contributed by atoms with Gasteiger partial charge in [0.05, 0.1) is 0 Å². The number of carbonyl (C=O) groups excluding carboxylic acids is 1. The van der Waals surface area contributed by atoms with E-state index in [1.165, 1.54) is 48.3 Å². The summed E-state index contributed by atoms with van der Waals surface area (Å²) in [4.78, 5) is 18.8. The topological polar surface area (TPSA) is 67.9 Å². The van der Waals surface area contributed by atoms with Crippen molar-refractivity contribution in [2.75, 3.05) is 7.05 Å². The first-order chi connectivity index (χ1) is 13.3. The number of carbonyl (C=O) groups is 1. The van der Waals surface area contributed by atoms with Gasteiger partial charge in [0.1, 0.15) is 11.6 Å². The van der Waals surface area contributed by atoms with Crippen LogP contribution in [0.4, 0.5) is 13.2 Å². The molecule has 2 aromatic rings. The molecule has 2 N–H and O–H groups in total. The van der Waals surface area contributed by atoms with E-state index in [1.807, 2.05) is 0 Å². The van der Waals surface area contributed by atoms with Crippen LogP contribution in [0.2, 0.25) is 0 Å². The fourth-order valence-electron chi connectivity index (χ4n) is 3.54. The normalized spacial score (nSPS) is 22.0. The van der Waals surface area contributed by atoms with E-state index in [1.54, 1.807) is 6.07 Å². The molecule has 0 saturated heterocycles. The fraction of sp³-hybridized carbons (Fsp3) is 0.300. The molecule has 1 atom stereocenters. The molecule has 5 nitrogen and oxygen atoms in total. The lowest BCUT2D eigenvalue weighted by Crippen LogP contribution is -2.41. The quantitative estimate of drug-likeness (QED) is 0.853. The first-order valence-electron chi connectivity index (χ1n) is 8.81. The summed E-state index contributed by atoms with van der Waals surface area (Å²) in [6.07, 6.45) is 1.79. The predicted molar refractivity (Wildman–Crippen MR) is 96.6 cm³/mol. The van der Waals surface area contributed by atoms with Crippen LogP contribution in [0.3, 0.4) is 0 Å². The number of nitrogens with zero attached hydrogens (tertiary/aromatic N) is 2. The Kier molecular flexibility index (Phi) is 4.28. The highest BCUT2D eigenvalue weighted by Gasteiger charge is 2.50. The number of benzene rings is 2. The summed E-state index contributed by atoms with van der Waals surface area (Å²) in [5, 5.41) is 0. The minimum Gasteiger partial charge on any atom is -0.435 e. The number of nitrogens with two attached hydrogens (primary N) is 1. The van der Waals surface area contributed by atoms with E-state index < -0.39 is 18.1 Å². The molecule has 0 unspecified atom stereocenters. The zero-order chi connectivity index (χ0) is 20.1. The number of likely N-dealkylation sites (N-methyl/N-ethyl adjacent to an activating group) is 1. The second-order valence-corrected chi connectivity index (χ2v) is 6.96. The molecule has 1 saturated carbocycles. The number of rotatable bonds is 5. The van der Waals surface area contributed by atoms with Crippen LogP contribution in [0, 0.1) is 5.82 Å². The number of ether oxygens (including phenoxy) is 1. The molecule has 1 aliphatic heterocycles. The standard InChI is InChI=1S/C20H18F3N3O2/c1-26-17(27)20(25-19(26)24,12-4-7-14(8-5-12)28-18(22)23)13-6-9-16(21)15(10-13)11-2-3-11/h4-11,18H,2-3H2,1H3,(H2,24,25)/t20-/m0/s1. The average Bonchev–Trinajstić information content (AvgIpc) is 3.47. The summed E-state index contributed by atoms with van der Waals surface area (Å²) >= 11 is 0. The molecule has 0 radical (unpaired) electrons. The van der Waals surface area contributed by atoms with Crippen LogP contribution in [0.1, 0.15) is 35.4 Å². The Balaban J connectivity index is 1.85. The second kappa shape index (κ2) is 6.54. The van der Waals surface area contributed by atoms with Crippen LogP contribution in [0.25, 0.3) is 0 Å². The number of aliphatic imine (C=N–C) groups is 1. The van der Waals surface area contributed by atoms with Crippen molar-refractivity contribution < 1.29 is 22.7 Å². The predicted octanol–water partition coefficient (Wildman–Crippen LogP) is 3.33. The van der Waals surface area contributed by atoms with Gasteiger partial charge >= 0.3 is 6.61 Å². The van der Waals surface area contributed by atoms with Gasteiger partial charge in [-0.15, -0.1) is 0 Å². The van der Waals surface area contributed by atoms with E-state index in [2.05, 4.69) is 9.73 Å². The summed E-state index contributed by atoms with van der Waals surface area (Å²) in [6.45, 7) is -2.95. The summed E-state index contributed by atoms with van der Waals surface area (Å²) in [5.41, 5.74) is 5.87. The molecule has 2 aliphatic rings. The van der Waals surface area contributed by atoms with Crippen LogP contribution in [0.5, 0.6) is 5.75 Å². The molecule has 0 bridgehead atoms. The molecular weight excluding hydrogens is 371 g/mol. The molecule has 1 heterocycles. The molecule has 8 heteroatoms. The van der Waals surface area contributed by atoms with Crippen LogP contribution in [-0.2, 0) is 10.3 Å². The largest absolute Gasteiger partial charge is 0.435 e. The Morgan fingerprint density at radius 2 is 1.82 bits per heavy atom. The lowest BCUT2D eigenvalue weighted by molar-refractivity contribution is -0.129. The van der Waals surface area contributed by atoms with Gasteiger partial charge in [0, 0.05) is 7.05 Å². The fourth-order valence-corrected chi connectivity index (χ4v) is 3.54. The third-order valence-corrected chi connectivity index (χ3v) is 5.17. The first-order valence-corrected chi connectivity index (χ1v) is 8.81. The van der Waals surface area contributed by atoms with Crippen molar-refractivity contribution in [3.8, 4) is 5.75 Å². The van der Waals surface area contributed by atoms with Crippen molar-refractivity contribution in [3.05, 3.63) is 65.0 Å². The van der Waals surface area contributed by atoms with Crippen LogP contribution in [-0.4, -0.2) is 30.4 Å². The minimum atomic E-state index is -2.95. The maximum absolute atomic E-state index is 14.3. The monoisotopic (exact) mass is 389 g/mol. The van der Waals surface area contributed by atoms with Gasteiger partial charge in [0.2, 0.25) is 0 Å². The molecule has 4 rings (SSSR count). The average molecular weight is 389 g/mol. The summed E-state index contributed by atoms with van der Waals surface area (Å²) in [7, 11) is 1.50. The number of alkyl halides is 2. The molecular formula is C20H18F3N3O2. The van der Waals surface area contributed by atoms with E-state index in [9.17, 15) is 18.0 Å². The van der Waals surface area contributed by atoms with Crippen molar-refractivity contribution in [2.24, 2.45) is 10.7 Å². The van der Waals surface area contributed by atoms with Gasteiger partial charge in [-0.3, -0.25) is 9.69 Å². The molecule has 0 aromatic heterocycles. The number of guanidine groups is 1. The Labute approximate surface area is 159 Å². The summed E-state index contributed by atoms with van der Waals surface area (Å²) in [6, 6.07) is 10.2. The number of halogens is 3.